The van der Waals surface area contributed by atoms with Gasteiger partial charge in [0.05, 0.1) is 29.9 Å². The van der Waals surface area contributed by atoms with Gasteiger partial charge in [0, 0.05) is 36.9 Å². The van der Waals surface area contributed by atoms with Crippen molar-refractivity contribution in [1.29, 1.82) is 0 Å². The number of nitrogens with one attached hydrogen (secondary N) is 1. The lowest BCUT2D eigenvalue weighted by Crippen LogP contribution is -2.37. The second-order valence-corrected chi connectivity index (χ2v) is 8.73. The van der Waals surface area contributed by atoms with E-state index in [0.29, 0.717) is 12.1 Å². The summed E-state index contributed by atoms with van der Waals surface area (Å²) in [7, 11) is 0. The molecule has 2 aromatic heterocycles. The molecular formula is C27H26N6. The van der Waals surface area contributed by atoms with Crippen molar-refractivity contribution in [3.8, 4) is 5.69 Å². The van der Waals surface area contributed by atoms with Crippen molar-refractivity contribution < 1.29 is 0 Å². The van der Waals surface area contributed by atoms with Crippen LogP contribution in [-0.2, 0) is 13.1 Å². The number of aromatic amines is 1. The molecule has 2 aliphatic rings. The fraction of sp³-hybridized carbons (Fsp3) is 0.222. The number of allylic oxidation sites excluding steroid dienone is 1. The summed E-state index contributed by atoms with van der Waals surface area (Å²) in [6, 6.07) is 17.6. The number of hydrogen-bond acceptors (Lipinski definition) is 4. The lowest BCUT2D eigenvalue weighted by atomic mass is 9.89. The molecule has 6 nitrogen and oxygen atoms in total. The molecule has 0 bridgehead atoms. The number of para-hydroxylation sites is 2. The van der Waals surface area contributed by atoms with E-state index >= 15 is 0 Å². The first-order chi connectivity index (χ1) is 16.3. The second kappa shape index (κ2) is 8.64. The zero-order valence-corrected chi connectivity index (χ0v) is 18.4. The van der Waals surface area contributed by atoms with Crippen LogP contribution in [0.15, 0.2) is 96.0 Å². The van der Waals surface area contributed by atoms with Gasteiger partial charge < -0.3 is 9.55 Å². The highest BCUT2D eigenvalue weighted by Crippen LogP contribution is 2.29. The molecule has 4 aromatic rings. The highest BCUT2D eigenvalue weighted by molar-refractivity contribution is 5.75. The van der Waals surface area contributed by atoms with E-state index in [-0.39, 0.29) is 0 Å². The van der Waals surface area contributed by atoms with Crippen LogP contribution < -0.4 is 0 Å². The number of nitrogens with zero attached hydrogens (tertiary/aromatic N) is 5. The summed E-state index contributed by atoms with van der Waals surface area (Å²) in [6.07, 6.45) is 16.4. The Bertz CT molecular complexity index is 1290. The summed E-state index contributed by atoms with van der Waals surface area (Å²) in [4.78, 5) is 19.7. The summed E-state index contributed by atoms with van der Waals surface area (Å²) in [6.45, 7) is 1.62. The number of aromatic nitrogens is 4. The molecule has 0 fully saturated rings. The van der Waals surface area contributed by atoms with Gasteiger partial charge in [-0.05, 0) is 54.3 Å². The van der Waals surface area contributed by atoms with E-state index in [2.05, 4.69) is 68.4 Å². The van der Waals surface area contributed by atoms with E-state index in [1.807, 2.05) is 41.5 Å². The van der Waals surface area contributed by atoms with Gasteiger partial charge in [0.25, 0.3) is 0 Å². The van der Waals surface area contributed by atoms with Crippen LogP contribution >= 0.6 is 0 Å². The van der Waals surface area contributed by atoms with Gasteiger partial charge >= 0.3 is 0 Å². The lowest BCUT2D eigenvalue weighted by molar-refractivity contribution is 0.188. The number of hydrogen-bond donors (Lipinski definition) is 1. The first kappa shape index (κ1) is 19.9. The average molecular weight is 435 g/mol. The SMILES string of the molecule is C1=CC2=CC(N(Cc3ccc(-n4ccnc4)cc3)Cc3nc4ccccc4[nH]3)CCC2N=C1. The Hall–Kier alpha value is -3.77. The number of imidazole rings is 2. The largest absolute Gasteiger partial charge is 0.341 e. The highest BCUT2D eigenvalue weighted by atomic mass is 15.2. The molecule has 0 saturated carbocycles. The molecule has 2 unspecified atom stereocenters. The quantitative estimate of drug-likeness (QED) is 0.472. The fourth-order valence-electron chi connectivity index (χ4n) is 4.82. The maximum absolute atomic E-state index is 4.85. The van der Waals surface area contributed by atoms with Gasteiger partial charge in [-0.2, -0.15) is 0 Å². The minimum Gasteiger partial charge on any atom is -0.341 e. The maximum atomic E-state index is 4.85. The van der Waals surface area contributed by atoms with Crippen LogP contribution in [0.3, 0.4) is 0 Å². The number of rotatable bonds is 6. The number of dihydropyridines is 1. The Morgan fingerprint density at radius 2 is 1.94 bits per heavy atom. The van der Waals surface area contributed by atoms with Crippen LogP contribution in [0.5, 0.6) is 0 Å². The predicted octanol–water partition coefficient (Wildman–Crippen LogP) is 4.85. The molecule has 0 saturated heterocycles. The zero-order valence-electron chi connectivity index (χ0n) is 18.4. The van der Waals surface area contributed by atoms with E-state index < -0.39 is 0 Å². The van der Waals surface area contributed by atoms with Gasteiger partial charge in [0.15, 0.2) is 0 Å². The predicted molar refractivity (Wildman–Crippen MR) is 131 cm³/mol. The Morgan fingerprint density at radius 1 is 1.03 bits per heavy atom. The topological polar surface area (TPSA) is 62.1 Å². The molecular weight excluding hydrogens is 408 g/mol. The molecule has 3 heterocycles. The van der Waals surface area contributed by atoms with Crippen LogP contribution in [0.25, 0.3) is 16.7 Å². The molecule has 0 spiro atoms. The minimum atomic E-state index is 0.314. The minimum absolute atomic E-state index is 0.314. The summed E-state index contributed by atoms with van der Waals surface area (Å²) in [5, 5.41) is 0. The van der Waals surface area contributed by atoms with Gasteiger partial charge in [0.2, 0.25) is 0 Å². The molecule has 6 heteroatoms. The molecule has 1 N–H and O–H groups in total. The fourth-order valence-corrected chi connectivity index (χ4v) is 4.82. The third-order valence-electron chi connectivity index (χ3n) is 6.53. The van der Waals surface area contributed by atoms with Crippen molar-refractivity contribution in [3.05, 3.63) is 102 Å². The molecule has 1 aliphatic carbocycles. The molecule has 164 valence electrons. The summed E-state index contributed by atoms with van der Waals surface area (Å²) < 4.78 is 2.03. The molecule has 0 amide bonds. The summed E-state index contributed by atoms with van der Waals surface area (Å²) >= 11 is 0. The first-order valence-electron chi connectivity index (χ1n) is 11.5. The molecule has 1 aliphatic heterocycles. The molecule has 2 aromatic carbocycles. The average Bonchev–Trinajstić information content (AvgIpc) is 3.54. The van der Waals surface area contributed by atoms with Crippen LogP contribution in [-0.4, -0.2) is 42.7 Å². The monoisotopic (exact) mass is 434 g/mol. The van der Waals surface area contributed by atoms with Gasteiger partial charge in [-0.25, -0.2) is 9.97 Å². The van der Waals surface area contributed by atoms with Crippen molar-refractivity contribution in [2.45, 2.75) is 38.0 Å². The van der Waals surface area contributed by atoms with Crippen LogP contribution in [0, 0.1) is 0 Å². The smallest absolute Gasteiger partial charge is 0.121 e. The third kappa shape index (κ3) is 4.17. The maximum Gasteiger partial charge on any atom is 0.121 e. The van der Waals surface area contributed by atoms with E-state index in [0.717, 1.165) is 48.5 Å². The van der Waals surface area contributed by atoms with Gasteiger partial charge in [0.1, 0.15) is 5.82 Å². The second-order valence-electron chi connectivity index (χ2n) is 8.73. The van der Waals surface area contributed by atoms with Crippen molar-refractivity contribution in [3.63, 3.8) is 0 Å². The van der Waals surface area contributed by atoms with E-state index in [9.17, 15) is 0 Å². The number of benzene rings is 2. The third-order valence-corrected chi connectivity index (χ3v) is 6.53. The van der Waals surface area contributed by atoms with Gasteiger partial charge in [-0.3, -0.25) is 9.89 Å². The zero-order chi connectivity index (χ0) is 22.0. The standard InChI is InChI=1S/C27H26N6/c1-2-6-26-25(5-1)30-27(31-26)18-33(23-11-12-24-21(16-23)4-3-13-29-24)17-20-7-9-22(10-8-20)32-15-14-28-19-32/h1-10,13-16,19,23-24H,11-12,17-18H2,(H,30,31). The number of fused-ring (bicyclic) bond motifs is 2. The molecule has 2 atom stereocenters. The Balaban J connectivity index is 1.28. The highest BCUT2D eigenvalue weighted by Gasteiger charge is 2.26. The van der Waals surface area contributed by atoms with Crippen molar-refractivity contribution >= 4 is 17.2 Å². The lowest BCUT2D eigenvalue weighted by Gasteiger charge is -2.34. The van der Waals surface area contributed by atoms with Gasteiger partial charge in [-0.15, -0.1) is 0 Å². The van der Waals surface area contributed by atoms with Crippen LogP contribution in [0.2, 0.25) is 0 Å². The van der Waals surface area contributed by atoms with Crippen LogP contribution in [0.1, 0.15) is 24.2 Å². The van der Waals surface area contributed by atoms with E-state index in [1.165, 1.54) is 11.1 Å². The number of H-pyrrole nitrogens is 1. The van der Waals surface area contributed by atoms with Crippen LogP contribution in [0.4, 0.5) is 0 Å². The molecule has 0 radical (unpaired) electrons. The van der Waals surface area contributed by atoms with E-state index in [4.69, 9.17) is 4.98 Å². The van der Waals surface area contributed by atoms with Crippen molar-refractivity contribution in [1.82, 2.24) is 24.4 Å². The summed E-state index contributed by atoms with van der Waals surface area (Å²) in [5.74, 6) is 1.00. The Morgan fingerprint density at radius 3 is 2.79 bits per heavy atom. The Kier molecular flexibility index (Phi) is 5.20. The Labute approximate surface area is 193 Å². The van der Waals surface area contributed by atoms with Crippen molar-refractivity contribution in [2.75, 3.05) is 0 Å². The van der Waals surface area contributed by atoms with E-state index in [1.54, 1.807) is 6.20 Å². The normalized spacial score (nSPS) is 19.7. The molecule has 33 heavy (non-hydrogen) atoms. The number of aliphatic imine (C=N–C) groups is 1. The van der Waals surface area contributed by atoms with Gasteiger partial charge in [-0.1, -0.05) is 36.4 Å². The van der Waals surface area contributed by atoms with Crippen molar-refractivity contribution in [2.24, 2.45) is 4.99 Å². The molecule has 6 rings (SSSR count). The first-order valence-corrected chi connectivity index (χ1v) is 11.5. The summed E-state index contributed by atoms with van der Waals surface area (Å²) in [5.41, 5.74) is 5.84.